The molecular formula is C52H63N5O8. The highest BCUT2D eigenvalue weighted by atomic mass is 16.4. The Bertz CT molecular complexity index is 2450. The number of carbonyl (C=O) groups excluding carboxylic acids is 4. The van der Waals surface area contributed by atoms with Crippen LogP contribution in [0.4, 0.5) is 4.79 Å². The van der Waals surface area contributed by atoms with Gasteiger partial charge in [-0.1, -0.05) is 107 Å². The molecule has 0 aliphatic carbocycles. The molecule has 13 nitrogen and oxygen atoms in total. The van der Waals surface area contributed by atoms with E-state index in [0.29, 0.717) is 37.1 Å². The number of amides is 5. The number of nitrogens with one attached hydrogen (secondary N) is 3. The van der Waals surface area contributed by atoms with E-state index < -0.39 is 53.5 Å². The van der Waals surface area contributed by atoms with Gasteiger partial charge in [-0.3, -0.25) is 24.0 Å². The summed E-state index contributed by atoms with van der Waals surface area (Å²) in [5.74, 6) is -3.19. The van der Waals surface area contributed by atoms with Crippen LogP contribution in [0.2, 0.25) is 0 Å². The normalized spacial score (nSPS) is 17.7. The molecule has 65 heavy (non-hydrogen) atoms. The van der Waals surface area contributed by atoms with Crippen LogP contribution in [-0.4, -0.2) is 80.9 Å². The first kappa shape index (κ1) is 48.0. The zero-order valence-electron chi connectivity index (χ0n) is 38.7. The largest absolute Gasteiger partial charge is 0.481 e. The van der Waals surface area contributed by atoms with E-state index in [0.717, 1.165) is 38.9 Å². The second-order valence-electron chi connectivity index (χ2n) is 19.1. The number of β-lactam (4-membered cyclic amide) rings is 1. The van der Waals surface area contributed by atoms with Crippen molar-refractivity contribution in [2.24, 2.45) is 17.3 Å². The highest BCUT2D eigenvalue weighted by molar-refractivity contribution is 5.94. The van der Waals surface area contributed by atoms with Gasteiger partial charge in [0.15, 0.2) is 0 Å². The van der Waals surface area contributed by atoms with Crippen LogP contribution in [0.25, 0.3) is 22.3 Å². The van der Waals surface area contributed by atoms with Gasteiger partial charge in [0.05, 0.1) is 36.4 Å². The van der Waals surface area contributed by atoms with E-state index in [4.69, 9.17) is 0 Å². The summed E-state index contributed by atoms with van der Waals surface area (Å²) in [7, 11) is 0. The maximum Gasteiger partial charge on any atom is 0.318 e. The van der Waals surface area contributed by atoms with Crippen LogP contribution < -0.4 is 16.0 Å². The van der Waals surface area contributed by atoms with Crippen molar-refractivity contribution in [3.8, 4) is 22.3 Å². The molecule has 2 aliphatic rings. The number of carboxylic acid groups (broad SMARTS) is 2. The Balaban J connectivity index is 1.15. The molecule has 0 aromatic heterocycles. The number of rotatable bonds is 18. The molecular weight excluding hydrogens is 823 g/mol. The summed E-state index contributed by atoms with van der Waals surface area (Å²) in [5, 5.41) is 28.8. The van der Waals surface area contributed by atoms with Gasteiger partial charge in [-0.2, -0.15) is 0 Å². The third kappa shape index (κ3) is 11.2. The minimum absolute atomic E-state index is 0.0957. The number of hydrogen-bond donors (Lipinski definition) is 5. The van der Waals surface area contributed by atoms with Crippen molar-refractivity contribution < 1.29 is 39.0 Å². The molecule has 13 heteroatoms. The number of hydrogen-bond acceptors (Lipinski definition) is 6. The smallest absolute Gasteiger partial charge is 0.318 e. The number of urea groups is 1. The van der Waals surface area contributed by atoms with Crippen molar-refractivity contribution in [1.82, 2.24) is 25.8 Å². The zero-order valence-corrected chi connectivity index (χ0v) is 38.7. The predicted molar refractivity (Wildman–Crippen MR) is 249 cm³/mol. The number of nitrogens with zero attached hydrogens (tertiary/aromatic N) is 2. The van der Waals surface area contributed by atoms with E-state index >= 15 is 0 Å². The Kier molecular flexibility index (Phi) is 14.9. The van der Waals surface area contributed by atoms with Crippen molar-refractivity contribution in [2.75, 3.05) is 13.1 Å². The van der Waals surface area contributed by atoms with Gasteiger partial charge >= 0.3 is 18.0 Å². The lowest BCUT2D eigenvalue weighted by atomic mass is 9.80. The molecule has 2 heterocycles. The fourth-order valence-corrected chi connectivity index (χ4v) is 9.28. The van der Waals surface area contributed by atoms with Crippen LogP contribution in [0, 0.1) is 31.1 Å². The van der Waals surface area contributed by atoms with E-state index in [-0.39, 0.29) is 42.5 Å². The van der Waals surface area contributed by atoms with E-state index in [1.807, 2.05) is 140 Å². The molecule has 2 saturated heterocycles. The summed E-state index contributed by atoms with van der Waals surface area (Å²) in [6.07, 6.45) is 0.291. The Morgan fingerprint density at radius 1 is 0.723 bits per heavy atom. The van der Waals surface area contributed by atoms with Gasteiger partial charge in [0.25, 0.3) is 0 Å². The van der Waals surface area contributed by atoms with Crippen molar-refractivity contribution in [1.29, 1.82) is 0 Å². The summed E-state index contributed by atoms with van der Waals surface area (Å²) < 4.78 is 0. The van der Waals surface area contributed by atoms with Crippen LogP contribution in [0.15, 0.2) is 91.0 Å². The first-order valence-corrected chi connectivity index (χ1v) is 22.5. The fraction of sp³-hybridized carbons (Fsp3) is 0.423. The summed E-state index contributed by atoms with van der Waals surface area (Å²) >= 11 is 0. The number of benzene rings is 4. The molecule has 5 atom stereocenters. The average Bonchev–Trinajstić information content (AvgIpc) is 3.24. The SMILES string of the molecule is Cc1ccccc1-c1cccc([C@H](CC(=O)O)NC(=O)[C@H](C(C)C)N2CCC(c3ccc(-c4cccc([C@H](CC(=O)O)NC(=O)C(CC(C)C)N5CC(C)(C)C5=O)c4)c(C)c3)NC2=O)c1. The lowest BCUT2D eigenvalue weighted by molar-refractivity contribution is -0.165. The van der Waals surface area contributed by atoms with Gasteiger partial charge in [-0.25, -0.2) is 4.79 Å². The van der Waals surface area contributed by atoms with Crippen molar-refractivity contribution >= 4 is 35.7 Å². The molecule has 0 radical (unpaired) electrons. The van der Waals surface area contributed by atoms with Gasteiger partial charge in [0, 0.05) is 13.1 Å². The maximum atomic E-state index is 14.1. The van der Waals surface area contributed by atoms with Crippen LogP contribution in [0.5, 0.6) is 0 Å². The van der Waals surface area contributed by atoms with Crippen molar-refractivity contribution in [3.63, 3.8) is 0 Å². The maximum absolute atomic E-state index is 14.1. The predicted octanol–water partition coefficient (Wildman–Crippen LogP) is 8.37. The lowest BCUT2D eigenvalue weighted by Crippen LogP contribution is -2.65. The summed E-state index contributed by atoms with van der Waals surface area (Å²) in [6.45, 7) is 16.1. The average molecular weight is 886 g/mol. The molecule has 2 fully saturated rings. The van der Waals surface area contributed by atoms with Crippen LogP contribution in [0.1, 0.15) is 113 Å². The Morgan fingerprint density at radius 3 is 1.78 bits per heavy atom. The van der Waals surface area contributed by atoms with Crippen LogP contribution >= 0.6 is 0 Å². The Morgan fingerprint density at radius 2 is 1.29 bits per heavy atom. The third-order valence-electron chi connectivity index (χ3n) is 12.6. The second-order valence-corrected chi connectivity index (χ2v) is 19.1. The molecule has 0 bridgehead atoms. The van der Waals surface area contributed by atoms with Gasteiger partial charge < -0.3 is 36.0 Å². The summed E-state index contributed by atoms with van der Waals surface area (Å²) in [5.41, 5.74) is 7.23. The molecule has 0 spiro atoms. The quantitative estimate of drug-likeness (QED) is 0.0617. The van der Waals surface area contributed by atoms with Gasteiger partial charge in [-0.05, 0) is 115 Å². The van der Waals surface area contributed by atoms with E-state index in [1.165, 1.54) is 4.90 Å². The van der Waals surface area contributed by atoms with Gasteiger partial charge in [0.1, 0.15) is 12.1 Å². The fourth-order valence-electron chi connectivity index (χ4n) is 9.28. The summed E-state index contributed by atoms with van der Waals surface area (Å²) in [4.78, 5) is 82.0. The molecule has 6 rings (SSSR count). The number of aliphatic carboxylic acids is 2. The zero-order chi connectivity index (χ0) is 47.3. The van der Waals surface area contributed by atoms with E-state index in [1.54, 1.807) is 11.0 Å². The number of likely N-dealkylation sites (tertiary alicyclic amines) is 1. The number of aryl methyl sites for hydroxylation is 2. The first-order valence-electron chi connectivity index (χ1n) is 22.5. The van der Waals surface area contributed by atoms with Crippen molar-refractivity contribution in [2.45, 2.75) is 111 Å². The monoisotopic (exact) mass is 885 g/mol. The molecule has 2 unspecified atom stereocenters. The third-order valence-corrected chi connectivity index (χ3v) is 12.6. The highest BCUT2D eigenvalue weighted by Crippen LogP contribution is 2.36. The molecule has 4 aromatic rings. The summed E-state index contributed by atoms with van der Waals surface area (Å²) in [6, 6.07) is 24.8. The standard InChI is InChI=1S/C52H63N5O8/c1-30(2)23-44(57-29-52(7,8)50(57)64)48(62)53-42(27-45(58)59)36-16-12-15-35(26-36)40-20-19-38(24-33(40)6)41-21-22-56(51(65)55-41)47(31(3)4)49(63)54-43(28-46(60)61)37-17-11-14-34(25-37)39-18-10-9-13-32(39)5/h9-20,24-26,30-31,41-44,47H,21-23,27-29H2,1-8H3,(H,53,62)(H,54,63)(H,55,65)(H,58,59)(H,60,61)/t41?,42-,43-,44?,47-/m0/s1. The molecule has 2 aliphatic heterocycles. The van der Waals surface area contributed by atoms with Crippen molar-refractivity contribution in [3.05, 3.63) is 119 Å². The van der Waals surface area contributed by atoms with Crippen LogP contribution in [0.3, 0.4) is 0 Å². The van der Waals surface area contributed by atoms with Crippen LogP contribution in [-0.2, 0) is 24.0 Å². The molecule has 344 valence electrons. The molecule has 0 saturated carbocycles. The first-order chi connectivity index (χ1) is 30.7. The van der Waals surface area contributed by atoms with E-state index in [2.05, 4.69) is 16.0 Å². The van der Waals surface area contributed by atoms with E-state index in [9.17, 15) is 39.0 Å². The topological polar surface area (TPSA) is 185 Å². The Labute approximate surface area is 382 Å². The molecule has 4 aromatic carbocycles. The minimum atomic E-state index is -1.07. The second kappa shape index (κ2) is 20.1. The minimum Gasteiger partial charge on any atom is -0.481 e. The molecule has 5 N–H and O–H groups in total. The molecule has 5 amide bonds. The number of carbonyl (C=O) groups is 6. The Hall–Kier alpha value is -6.50. The van der Waals surface area contributed by atoms with Gasteiger partial charge in [-0.15, -0.1) is 0 Å². The lowest BCUT2D eigenvalue weighted by Gasteiger charge is -2.48. The number of carboxylic acids is 2. The highest BCUT2D eigenvalue weighted by Gasteiger charge is 2.49. The van der Waals surface area contributed by atoms with Gasteiger partial charge in [0.2, 0.25) is 17.7 Å².